The molecule has 2 saturated heterocycles. The minimum atomic E-state index is 0. The maximum absolute atomic E-state index is 5.38. The number of methoxy groups -OCH3 is 1. The highest BCUT2D eigenvalue weighted by Gasteiger charge is 2.24. The number of benzene rings is 2. The van der Waals surface area contributed by atoms with Crippen LogP contribution in [0.3, 0.4) is 0 Å². The lowest BCUT2D eigenvalue weighted by molar-refractivity contribution is 0.372. The van der Waals surface area contributed by atoms with E-state index in [1.807, 2.05) is 13.1 Å². The summed E-state index contributed by atoms with van der Waals surface area (Å²) in [5.41, 5.74) is 4.08. The summed E-state index contributed by atoms with van der Waals surface area (Å²) in [6, 6.07) is 19.0. The fraction of sp³-hybridized carbons (Fsp3) is 0.423. The van der Waals surface area contributed by atoms with Crippen LogP contribution in [0.1, 0.15) is 24.8 Å². The summed E-state index contributed by atoms with van der Waals surface area (Å²) in [6.07, 6.45) is 5.75. The fourth-order valence-corrected chi connectivity index (χ4v) is 4.54. The van der Waals surface area contributed by atoms with E-state index in [1.165, 1.54) is 23.2 Å². The Morgan fingerprint density at radius 1 is 1.09 bits per heavy atom. The average molecular weight is 546 g/mol. The molecule has 0 radical (unpaired) electrons. The summed E-state index contributed by atoms with van der Waals surface area (Å²) in [4.78, 5) is 9.42. The monoisotopic (exact) mass is 546 g/mol. The van der Waals surface area contributed by atoms with E-state index < -0.39 is 0 Å². The first-order valence-electron chi connectivity index (χ1n) is 11.3. The van der Waals surface area contributed by atoms with Gasteiger partial charge in [-0.2, -0.15) is 0 Å². The number of anilines is 1. The van der Waals surface area contributed by atoms with Gasteiger partial charge in [-0.15, -0.1) is 24.0 Å². The first kappa shape index (κ1) is 24.4. The van der Waals surface area contributed by atoms with Crippen LogP contribution in [0.2, 0.25) is 0 Å². The van der Waals surface area contributed by atoms with Crippen LogP contribution in [0.15, 0.2) is 65.2 Å². The minimum Gasteiger partial charge on any atom is -0.497 e. The van der Waals surface area contributed by atoms with Gasteiger partial charge in [-0.25, -0.2) is 0 Å². The lowest BCUT2D eigenvalue weighted by Gasteiger charge is -2.32. The molecule has 2 aliphatic heterocycles. The lowest BCUT2D eigenvalue weighted by Crippen LogP contribution is -2.46. The second kappa shape index (κ2) is 12.1. The maximum atomic E-state index is 5.38. The van der Waals surface area contributed by atoms with Crippen molar-refractivity contribution in [1.29, 1.82) is 0 Å². The number of hydrogen-bond acceptors (Lipinski definition) is 3. The molecule has 32 heavy (non-hydrogen) atoms. The number of piperidine rings is 1. The van der Waals surface area contributed by atoms with E-state index in [9.17, 15) is 0 Å². The highest BCUT2D eigenvalue weighted by atomic mass is 127. The second-order valence-corrected chi connectivity index (χ2v) is 8.43. The van der Waals surface area contributed by atoms with Gasteiger partial charge in [0.2, 0.25) is 0 Å². The Labute approximate surface area is 209 Å². The first-order valence-corrected chi connectivity index (χ1v) is 11.3. The number of hydrogen-bond donors (Lipinski definition) is 1. The summed E-state index contributed by atoms with van der Waals surface area (Å²) < 4.78 is 5.38. The molecule has 0 spiro atoms. The molecule has 0 bridgehead atoms. The molecule has 0 aromatic heterocycles. The van der Waals surface area contributed by atoms with E-state index in [-0.39, 0.29) is 24.0 Å². The van der Waals surface area contributed by atoms with E-state index in [0.717, 1.165) is 57.3 Å². The highest BCUT2D eigenvalue weighted by molar-refractivity contribution is 14.0. The number of aliphatic imine (C=N–C) groups is 1. The largest absolute Gasteiger partial charge is 0.497 e. The zero-order valence-electron chi connectivity index (χ0n) is 19.2. The number of rotatable bonds is 5. The van der Waals surface area contributed by atoms with Gasteiger partial charge in [-0.1, -0.05) is 48.0 Å². The van der Waals surface area contributed by atoms with Crippen molar-refractivity contribution < 1.29 is 4.74 Å². The van der Waals surface area contributed by atoms with Crippen molar-refractivity contribution in [2.75, 3.05) is 51.8 Å². The molecule has 6 heteroatoms. The predicted octanol–water partition coefficient (Wildman–Crippen LogP) is 4.89. The molecule has 2 aromatic rings. The Bertz CT molecular complexity index is 905. The Morgan fingerprint density at radius 2 is 1.88 bits per heavy atom. The zero-order chi connectivity index (χ0) is 21.5. The fourth-order valence-electron chi connectivity index (χ4n) is 4.54. The van der Waals surface area contributed by atoms with Crippen LogP contribution in [0, 0.1) is 5.92 Å². The molecule has 5 nitrogen and oxygen atoms in total. The molecule has 4 rings (SSSR count). The average Bonchev–Trinajstić information content (AvgIpc) is 3.30. The summed E-state index contributed by atoms with van der Waals surface area (Å²) in [5, 5.41) is 3.65. The standard InChI is InChI=1S/C26H34N4O.HI/c1-27-26(29-14-11-22(12-15-29)17-21-7-4-3-5-8-21)28-19-23-13-16-30(20-23)24-9-6-10-25(18-24)31-2;/h3-10,17-18,23H,11-16,19-20H2,1-2H3,(H,27,28);1H. The number of nitrogens with one attached hydrogen (secondary N) is 1. The van der Waals surface area contributed by atoms with Crippen LogP contribution in [-0.2, 0) is 0 Å². The molecular weight excluding hydrogens is 511 g/mol. The van der Waals surface area contributed by atoms with Crippen molar-refractivity contribution in [2.45, 2.75) is 19.3 Å². The quantitative estimate of drug-likeness (QED) is 0.329. The minimum absolute atomic E-state index is 0. The van der Waals surface area contributed by atoms with Crippen molar-refractivity contribution in [3.63, 3.8) is 0 Å². The van der Waals surface area contributed by atoms with Crippen molar-refractivity contribution in [3.8, 4) is 5.75 Å². The molecule has 172 valence electrons. The molecule has 2 aliphatic rings. The van der Waals surface area contributed by atoms with Gasteiger partial charge in [-0.05, 0) is 42.9 Å². The molecule has 1 atom stereocenters. The third-order valence-electron chi connectivity index (χ3n) is 6.34. The number of guanidine groups is 1. The summed E-state index contributed by atoms with van der Waals surface area (Å²) >= 11 is 0. The maximum Gasteiger partial charge on any atom is 0.193 e. The van der Waals surface area contributed by atoms with Crippen LogP contribution in [0.5, 0.6) is 5.75 Å². The molecule has 0 saturated carbocycles. The number of halogens is 1. The first-order chi connectivity index (χ1) is 15.2. The predicted molar refractivity (Wildman–Crippen MR) is 145 cm³/mol. The van der Waals surface area contributed by atoms with Crippen LogP contribution in [0.4, 0.5) is 5.69 Å². The van der Waals surface area contributed by atoms with Gasteiger partial charge in [0.15, 0.2) is 5.96 Å². The highest BCUT2D eigenvalue weighted by Crippen LogP contribution is 2.27. The molecule has 2 heterocycles. The van der Waals surface area contributed by atoms with E-state index >= 15 is 0 Å². The number of nitrogens with zero attached hydrogens (tertiary/aromatic N) is 3. The molecule has 1 N–H and O–H groups in total. The molecule has 0 amide bonds. The van der Waals surface area contributed by atoms with E-state index in [4.69, 9.17) is 4.74 Å². The van der Waals surface area contributed by atoms with Crippen LogP contribution in [-0.4, -0.2) is 57.7 Å². The SMILES string of the molecule is CN=C(NCC1CCN(c2cccc(OC)c2)C1)N1CCC(=Cc2ccccc2)CC1.I. The van der Waals surface area contributed by atoms with Crippen LogP contribution in [0.25, 0.3) is 6.08 Å². The van der Waals surface area contributed by atoms with Gasteiger partial charge >= 0.3 is 0 Å². The van der Waals surface area contributed by atoms with Crippen molar-refractivity contribution in [1.82, 2.24) is 10.2 Å². The van der Waals surface area contributed by atoms with Gasteiger partial charge in [0, 0.05) is 51.5 Å². The number of likely N-dealkylation sites (tertiary alicyclic amines) is 1. The molecular formula is C26H35IN4O. The molecule has 2 aromatic carbocycles. The smallest absolute Gasteiger partial charge is 0.193 e. The molecule has 1 unspecified atom stereocenters. The Balaban J connectivity index is 0.00000289. The molecule has 0 aliphatic carbocycles. The van der Waals surface area contributed by atoms with Crippen LogP contribution >= 0.6 is 24.0 Å². The summed E-state index contributed by atoms with van der Waals surface area (Å²) in [7, 11) is 3.62. The van der Waals surface area contributed by atoms with Gasteiger partial charge in [0.1, 0.15) is 5.75 Å². The topological polar surface area (TPSA) is 40.1 Å². The summed E-state index contributed by atoms with van der Waals surface area (Å²) in [6.45, 7) is 5.19. The van der Waals surface area contributed by atoms with Crippen LogP contribution < -0.4 is 15.0 Å². The van der Waals surface area contributed by atoms with Crippen molar-refractivity contribution in [2.24, 2.45) is 10.9 Å². The van der Waals surface area contributed by atoms with E-state index in [2.05, 4.69) is 74.7 Å². The van der Waals surface area contributed by atoms with Gasteiger partial charge in [0.05, 0.1) is 7.11 Å². The van der Waals surface area contributed by atoms with Crippen molar-refractivity contribution >= 4 is 41.7 Å². The van der Waals surface area contributed by atoms with Crippen molar-refractivity contribution in [3.05, 3.63) is 65.7 Å². The van der Waals surface area contributed by atoms with Gasteiger partial charge in [0.25, 0.3) is 0 Å². The molecule has 2 fully saturated rings. The Kier molecular flexibility index (Phi) is 9.26. The summed E-state index contributed by atoms with van der Waals surface area (Å²) in [5.74, 6) is 2.59. The van der Waals surface area contributed by atoms with Gasteiger partial charge in [-0.3, -0.25) is 4.99 Å². The van der Waals surface area contributed by atoms with E-state index in [1.54, 1.807) is 7.11 Å². The zero-order valence-corrected chi connectivity index (χ0v) is 21.5. The number of ether oxygens (including phenoxy) is 1. The third kappa shape index (κ3) is 6.40. The van der Waals surface area contributed by atoms with E-state index in [0.29, 0.717) is 5.92 Å². The third-order valence-corrected chi connectivity index (χ3v) is 6.34. The van der Waals surface area contributed by atoms with Gasteiger partial charge < -0.3 is 19.9 Å². The Morgan fingerprint density at radius 3 is 2.59 bits per heavy atom. The lowest BCUT2D eigenvalue weighted by atomic mass is 10.0. The Hall–Kier alpha value is -2.22. The second-order valence-electron chi connectivity index (χ2n) is 8.43. The normalized spacial score (nSPS) is 18.9.